The van der Waals surface area contributed by atoms with E-state index in [2.05, 4.69) is 24.3 Å². The second kappa shape index (κ2) is 5.89. The lowest BCUT2D eigenvalue weighted by Crippen LogP contribution is -2.46. The summed E-state index contributed by atoms with van der Waals surface area (Å²) in [7, 11) is 0. The first-order valence-corrected chi connectivity index (χ1v) is 6.69. The fourth-order valence-electron chi connectivity index (χ4n) is 2.29. The molecule has 0 aliphatic heterocycles. The molecule has 1 fully saturated rings. The van der Waals surface area contributed by atoms with Crippen molar-refractivity contribution < 1.29 is 10.3 Å². The van der Waals surface area contributed by atoms with E-state index in [4.69, 9.17) is 10.9 Å². The van der Waals surface area contributed by atoms with Crippen molar-refractivity contribution in [3.05, 3.63) is 0 Å². The lowest BCUT2D eigenvalue weighted by Gasteiger charge is -2.40. The van der Waals surface area contributed by atoms with Gasteiger partial charge >= 0.3 is 0 Å². The zero-order valence-corrected chi connectivity index (χ0v) is 11.7. The minimum atomic E-state index is -0.597. The Kier molecular flexibility index (Phi) is 4.99. The van der Waals surface area contributed by atoms with Crippen LogP contribution in [0.15, 0.2) is 5.16 Å². The molecule has 18 heavy (non-hydrogen) atoms. The van der Waals surface area contributed by atoms with Crippen molar-refractivity contribution in [2.45, 2.75) is 52.1 Å². The van der Waals surface area contributed by atoms with Crippen LogP contribution >= 0.6 is 0 Å². The summed E-state index contributed by atoms with van der Waals surface area (Å²) >= 11 is 0. The molecule has 0 heterocycles. The summed E-state index contributed by atoms with van der Waals surface area (Å²) < 4.78 is 0. The van der Waals surface area contributed by atoms with Gasteiger partial charge in [0.25, 0.3) is 0 Å². The van der Waals surface area contributed by atoms with Gasteiger partial charge in [0, 0.05) is 19.0 Å². The summed E-state index contributed by atoms with van der Waals surface area (Å²) in [4.78, 5) is 0. The standard InChI is InChI=1S/C13H27N3O2/c1-10(11(14)16-18)8-15-9-13(17)6-4-12(2,3)5-7-13/h10,15,17-18H,4-9H2,1-3H3,(H2,14,16). The predicted octanol–water partition coefficient (Wildman–Crippen LogP) is 1.29. The second-order valence-corrected chi connectivity index (χ2v) is 6.45. The van der Waals surface area contributed by atoms with E-state index in [9.17, 15) is 5.11 Å². The number of nitrogens with zero attached hydrogens (tertiary/aromatic N) is 1. The molecular weight excluding hydrogens is 230 g/mol. The average Bonchev–Trinajstić information content (AvgIpc) is 2.32. The number of oxime groups is 1. The molecule has 1 aliphatic carbocycles. The summed E-state index contributed by atoms with van der Waals surface area (Å²) in [5.74, 6) is 0.192. The van der Waals surface area contributed by atoms with E-state index in [1.165, 1.54) is 0 Å². The first kappa shape index (κ1) is 15.2. The molecule has 5 heteroatoms. The van der Waals surface area contributed by atoms with Crippen molar-refractivity contribution >= 4 is 5.84 Å². The van der Waals surface area contributed by atoms with Crippen molar-refractivity contribution in [2.24, 2.45) is 22.2 Å². The van der Waals surface area contributed by atoms with E-state index < -0.39 is 5.60 Å². The summed E-state index contributed by atoms with van der Waals surface area (Å²) in [5.41, 5.74) is 5.26. The molecule has 1 aliphatic rings. The third-order valence-corrected chi connectivity index (χ3v) is 4.06. The molecule has 0 amide bonds. The van der Waals surface area contributed by atoms with Crippen molar-refractivity contribution in [3.8, 4) is 0 Å². The number of amidine groups is 1. The Morgan fingerprint density at radius 3 is 2.39 bits per heavy atom. The molecule has 0 aromatic rings. The molecule has 5 N–H and O–H groups in total. The molecule has 1 rings (SSSR count). The Balaban J connectivity index is 2.31. The molecular formula is C13H27N3O2. The maximum absolute atomic E-state index is 10.4. The Hall–Kier alpha value is -0.810. The molecule has 0 bridgehead atoms. The first-order valence-electron chi connectivity index (χ1n) is 6.69. The van der Waals surface area contributed by atoms with E-state index in [0.717, 1.165) is 25.7 Å². The molecule has 0 saturated heterocycles. The molecule has 0 radical (unpaired) electrons. The zero-order chi connectivity index (χ0) is 13.8. The highest BCUT2D eigenvalue weighted by atomic mass is 16.4. The monoisotopic (exact) mass is 257 g/mol. The molecule has 0 spiro atoms. The minimum Gasteiger partial charge on any atom is -0.409 e. The van der Waals surface area contributed by atoms with Crippen LogP contribution in [-0.4, -0.2) is 34.8 Å². The van der Waals surface area contributed by atoms with Crippen LogP contribution in [0.1, 0.15) is 46.5 Å². The normalized spacial score (nSPS) is 24.8. The van der Waals surface area contributed by atoms with E-state index in [1.54, 1.807) is 0 Å². The molecule has 106 valence electrons. The third kappa shape index (κ3) is 4.46. The largest absolute Gasteiger partial charge is 0.409 e. The smallest absolute Gasteiger partial charge is 0.143 e. The van der Waals surface area contributed by atoms with Gasteiger partial charge in [-0.25, -0.2) is 0 Å². The van der Waals surface area contributed by atoms with Crippen LogP contribution in [0.4, 0.5) is 0 Å². The fraction of sp³-hybridized carbons (Fsp3) is 0.923. The number of rotatable bonds is 5. The quantitative estimate of drug-likeness (QED) is 0.258. The number of nitrogens with two attached hydrogens (primary N) is 1. The van der Waals surface area contributed by atoms with Gasteiger partial charge in [-0.05, 0) is 31.1 Å². The topological polar surface area (TPSA) is 90.9 Å². The van der Waals surface area contributed by atoms with Crippen LogP contribution in [0.3, 0.4) is 0 Å². The van der Waals surface area contributed by atoms with Gasteiger partial charge in [-0.3, -0.25) is 0 Å². The van der Waals surface area contributed by atoms with E-state index in [1.807, 2.05) is 6.92 Å². The van der Waals surface area contributed by atoms with Gasteiger partial charge in [-0.2, -0.15) is 0 Å². The van der Waals surface area contributed by atoms with Crippen LogP contribution in [0.5, 0.6) is 0 Å². The van der Waals surface area contributed by atoms with Crippen molar-refractivity contribution in [3.63, 3.8) is 0 Å². The Morgan fingerprint density at radius 1 is 1.33 bits per heavy atom. The lowest BCUT2D eigenvalue weighted by atomic mass is 9.71. The van der Waals surface area contributed by atoms with Gasteiger partial charge in [0.15, 0.2) is 0 Å². The molecule has 0 aromatic carbocycles. The van der Waals surface area contributed by atoms with Crippen molar-refractivity contribution in [1.29, 1.82) is 0 Å². The minimum absolute atomic E-state index is 0.0290. The number of nitrogens with one attached hydrogen (secondary N) is 1. The molecule has 1 saturated carbocycles. The van der Waals surface area contributed by atoms with Crippen LogP contribution in [-0.2, 0) is 0 Å². The van der Waals surface area contributed by atoms with E-state index >= 15 is 0 Å². The summed E-state index contributed by atoms with van der Waals surface area (Å²) in [5, 5.41) is 25.2. The number of hydrogen-bond acceptors (Lipinski definition) is 4. The Morgan fingerprint density at radius 2 is 1.89 bits per heavy atom. The maximum atomic E-state index is 10.4. The van der Waals surface area contributed by atoms with Crippen LogP contribution in [0.25, 0.3) is 0 Å². The van der Waals surface area contributed by atoms with Gasteiger partial charge in [-0.1, -0.05) is 25.9 Å². The summed E-state index contributed by atoms with van der Waals surface area (Å²) in [6.07, 6.45) is 3.79. The van der Waals surface area contributed by atoms with Gasteiger partial charge in [0.1, 0.15) is 5.84 Å². The van der Waals surface area contributed by atoms with E-state index in [0.29, 0.717) is 18.5 Å². The highest BCUT2D eigenvalue weighted by molar-refractivity contribution is 5.82. The predicted molar refractivity (Wildman–Crippen MR) is 72.6 cm³/mol. The van der Waals surface area contributed by atoms with Crippen LogP contribution < -0.4 is 11.1 Å². The molecule has 5 nitrogen and oxygen atoms in total. The fourth-order valence-corrected chi connectivity index (χ4v) is 2.29. The van der Waals surface area contributed by atoms with Crippen LogP contribution in [0.2, 0.25) is 0 Å². The number of hydrogen-bond donors (Lipinski definition) is 4. The lowest BCUT2D eigenvalue weighted by molar-refractivity contribution is -0.0243. The zero-order valence-electron chi connectivity index (χ0n) is 11.7. The highest BCUT2D eigenvalue weighted by Crippen LogP contribution is 2.39. The van der Waals surface area contributed by atoms with Gasteiger partial charge in [0.2, 0.25) is 0 Å². The Bertz CT molecular complexity index is 293. The first-order chi connectivity index (χ1) is 8.28. The summed E-state index contributed by atoms with van der Waals surface area (Å²) in [6.45, 7) is 7.57. The average molecular weight is 257 g/mol. The van der Waals surface area contributed by atoms with Crippen molar-refractivity contribution in [1.82, 2.24) is 5.32 Å². The van der Waals surface area contributed by atoms with Gasteiger partial charge in [0.05, 0.1) is 5.60 Å². The molecule has 1 atom stereocenters. The van der Waals surface area contributed by atoms with Crippen molar-refractivity contribution in [2.75, 3.05) is 13.1 Å². The summed E-state index contributed by atoms with van der Waals surface area (Å²) in [6, 6.07) is 0. The van der Waals surface area contributed by atoms with Crippen LogP contribution in [0, 0.1) is 11.3 Å². The highest BCUT2D eigenvalue weighted by Gasteiger charge is 2.36. The van der Waals surface area contributed by atoms with E-state index in [-0.39, 0.29) is 11.8 Å². The SMILES string of the molecule is CC(CNCC1(O)CCC(C)(C)CC1)C(N)=NO. The second-order valence-electron chi connectivity index (χ2n) is 6.45. The van der Waals surface area contributed by atoms with Gasteiger partial charge < -0.3 is 21.4 Å². The maximum Gasteiger partial charge on any atom is 0.143 e. The Labute approximate surface area is 109 Å². The number of aliphatic hydroxyl groups is 1. The van der Waals surface area contributed by atoms with Gasteiger partial charge in [-0.15, -0.1) is 0 Å². The molecule has 0 aromatic heterocycles. The third-order valence-electron chi connectivity index (χ3n) is 4.06. The molecule has 1 unspecified atom stereocenters.